The Morgan fingerprint density at radius 3 is 2.51 bits per heavy atom. The van der Waals surface area contributed by atoms with Gasteiger partial charge >= 0.3 is 0 Å². The van der Waals surface area contributed by atoms with Crippen LogP contribution in [-0.2, 0) is 14.3 Å². The molecule has 0 radical (unpaired) electrons. The average Bonchev–Trinajstić information content (AvgIpc) is 3.62. The molecule has 3 fully saturated rings. The monoisotopic (exact) mass is 600 g/mol. The van der Waals surface area contributed by atoms with Crippen LogP contribution in [0.3, 0.4) is 0 Å². The third-order valence-electron chi connectivity index (χ3n) is 7.82. The quantitative estimate of drug-likeness (QED) is 0.370. The van der Waals surface area contributed by atoms with Crippen LogP contribution in [0.4, 0.5) is 11.8 Å². The summed E-state index contributed by atoms with van der Waals surface area (Å²) in [6.07, 6.45) is 3.98. The standard InChI is InChI=1S/C28H30Cl2N6O5/c1-4-21(37)32-17-10-41-11-18(17)34-27-31-9-15-7-16(22-23(29)19(38-2)8-20(39-3)24(22)30)33-26(25(15)35-27)36-12-28(13-36)5-6-40-14-28/h4,7-9,17-18H,1,5-6,10-14H2,2-3H3,(H,32,37)(H,31,34,35)/t17-,18+/m0/s1. The Labute approximate surface area is 247 Å². The Morgan fingerprint density at radius 2 is 1.85 bits per heavy atom. The molecule has 0 aliphatic carbocycles. The van der Waals surface area contributed by atoms with Gasteiger partial charge in [-0.2, -0.15) is 0 Å². The summed E-state index contributed by atoms with van der Waals surface area (Å²) in [7, 11) is 3.07. The lowest BCUT2D eigenvalue weighted by molar-refractivity contribution is -0.117. The number of amides is 1. The number of pyridine rings is 1. The molecule has 2 aromatic heterocycles. The molecule has 13 heteroatoms. The van der Waals surface area contributed by atoms with Crippen molar-refractivity contribution in [1.82, 2.24) is 20.3 Å². The number of fused-ring (bicyclic) bond motifs is 1. The fraction of sp³-hybridized carbons (Fsp3) is 0.429. The van der Waals surface area contributed by atoms with Crippen molar-refractivity contribution in [3.63, 3.8) is 0 Å². The average molecular weight is 601 g/mol. The van der Waals surface area contributed by atoms with Gasteiger partial charge in [0.05, 0.1) is 61.9 Å². The van der Waals surface area contributed by atoms with E-state index in [1.165, 1.54) is 20.3 Å². The van der Waals surface area contributed by atoms with Crippen molar-refractivity contribution in [3.8, 4) is 22.8 Å². The molecule has 5 heterocycles. The van der Waals surface area contributed by atoms with Gasteiger partial charge in [-0.1, -0.05) is 29.8 Å². The molecule has 41 heavy (non-hydrogen) atoms. The molecular formula is C28H30Cl2N6O5. The number of nitrogens with one attached hydrogen (secondary N) is 2. The van der Waals surface area contributed by atoms with Crippen molar-refractivity contribution < 1.29 is 23.7 Å². The highest BCUT2D eigenvalue weighted by Crippen LogP contribution is 2.48. The third kappa shape index (κ3) is 5.12. The number of aromatic nitrogens is 3. The Kier molecular flexibility index (Phi) is 7.54. The van der Waals surface area contributed by atoms with E-state index in [0.29, 0.717) is 63.3 Å². The van der Waals surface area contributed by atoms with Gasteiger partial charge in [0.15, 0.2) is 5.82 Å². The van der Waals surface area contributed by atoms with Gasteiger partial charge < -0.3 is 34.5 Å². The molecule has 2 atom stereocenters. The molecule has 3 aliphatic heterocycles. The fourth-order valence-electron chi connectivity index (χ4n) is 5.61. The highest BCUT2D eigenvalue weighted by molar-refractivity contribution is 6.41. The van der Waals surface area contributed by atoms with E-state index in [4.69, 9.17) is 52.1 Å². The predicted octanol–water partition coefficient (Wildman–Crippen LogP) is 3.72. The number of rotatable bonds is 8. The minimum Gasteiger partial charge on any atom is -0.495 e. The molecule has 0 bridgehead atoms. The number of halogens is 2. The molecule has 3 saturated heterocycles. The Hall–Kier alpha value is -3.38. The smallest absolute Gasteiger partial charge is 0.243 e. The molecule has 11 nitrogen and oxygen atoms in total. The van der Waals surface area contributed by atoms with Gasteiger partial charge in [0.2, 0.25) is 11.9 Å². The highest BCUT2D eigenvalue weighted by atomic mass is 35.5. The summed E-state index contributed by atoms with van der Waals surface area (Å²) in [6.45, 7) is 7.38. The molecule has 3 aliphatic rings. The van der Waals surface area contributed by atoms with Crippen molar-refractivity contribution in [1.29, 1.82) is 0 Å². The lowest BCUT2D eigenvalue weighted by Gasteiger charge is -2.48. The second-order valence-corrected chi connectivity index (χ2v) is 11.3. The van der Waals surface area contributed by atoms with E-state index in [1.807, 2.05) is 6.07 Å². The second kappa shape index (κ2) is 11.1. The van der Waals surface area contributed by atoms with Gasteiger partial charge in [-0.15, -0.1) is 0 Å². The molecule has 0 saturated carbocycles. The van der Waals surface area contributed by atoms with Crippen molar-refractivity contribution >= 4 is 51.8 Å². The van der Waals surface area contributed by atoms with Gasteiger partial charge in [-0.3, -0.25) is 4.79 Å². The first kappa shape index (κ1) is 27.8. The minimum atomic E-state index is -0.264. The van der Waals surface area contributed by atoms with Crippen LogP contribution in [-0.4, -0.2) is 86.7 Å². The van der Waals surface area contributed by atoms with Gasteiger partial charge in [-0.25, -0.2) is 15.0 Å². The van der Waals surface area contributed by atoms with Crippen molar-refractivity contribution in [2.45, 2.75) is 18.5 Å². The lowest BCUT2D eigenvalue weighted by atomic mass is 9.79. The SMILES string of the molecule is C=CC(=O)N[C@H]1COC[C@H]1Nc1ncc2cc(-c3c(Cl)c(OC)cc(OC)c3Cl)nc(N3CC4(CCOC4)C3)c2n1. The zero-order valence-electron chi connectivity index (χ0n) is 22.7. The van der Waals surface area contributed by atoms with E-state index >= 15 is 0 Å². The Balaban J connectivity index is 1.41. The van der Waals surface area contributed by atoms with Crippen LogP contribution < -0.4 is 25.0 Å². The van der Waals surface area contributed by atoms with Crippen LogP contribution in [0.25, 0.3) is 22.2 Å². The first-order chi connectivity index (χ1) is 19.8. The largest absolute Gasteiger partial charge is 0.495 e. The van der Waals surface area contributed by atoms with Crippen LogP contribution in [0.15, 0.2) is 31.0 Å². The Morgan fingerprint density at radius 1 is 1.12 bits per heavy atom. The summed E-state index contributed by atoms with van der Waals surface area (Å²) >= 11 is 13.5. The molecule has 6 rings (SSSR count). The lowest BCUT2D eigenvalue weighted by Crippen LogP contribution is -2.57. The number of carbonyl (C=O) groups is 1. The molecule has 1 spiro atoms. The Bertz CT molecular complexity index is 1480. The molecular weight excluding hydrogens is 571 g/mol. The summed E-state index contributed by atoms with van der Waals surface area (Å²) in [5.74, 6) is 1.67. The second-order valence-electron chi connectivity index (χ2n) is 10.5. The van der Waals surface area contributed by atoms with E-state index in [9.17, 15) is 4.79 Å². The number of hydrogen-bond acceptors (Lipinski definition) is 10. The number of benzene rings is 1. The van der Waals surface area contributed by atoms with Gasteiger partial charge in [0.25, 0.3) is 0 Å². The molecule has 1 amide bonds. The summed E-state index contributed by atoms with van der Waals surface area (Å²) in [5, 5.41) is 7.62. The molecule has 0 unspecified atom stereocenters. The van der Waals surface area contributed by atoms with Gasteiger partial charge in [0, 0.05) is 48.3 Å². The van der Waals surface area contributed by atoms with E-state index in [0.717, 1.165) is 38.1 Å². The highest BCUT2D eigenvalue weighted by Gasteiger charge is 2.47. The van der Waals surface area contributed by atoms with Crippen molar-refractivity contribution in [3.05, 3.63) is 41.0 Å². The van der Waals surface area contributed by atoms with E-state index < -0.39 is 0 Å². The van der Waals surface area contributed by atoms with Crippen LogP contribution in [0, 0.1) is 5.41 Å². The van der Waals surface area contributed by atoms with Gasteiger partial charge in [-0.05, 0) is 18.6 Å². The molecule has 3 aromatic rings. The zero-order valence-corrected chi connectivity index (χ0v) is 24.2. The van der Waals surface area contributed by atoms with E-state index in [2.05, 4.69) is 27.1 Å². The summed E-state index contributed by atoms with van der Waals surface area (Å²) < 4.78 is 22.3. The predicted molar refractivity (Wildman–Crippen MR) is 156 cm³/mol. The number of ether oxygens (including phenoxy) is 4. The van der Waals surface area contributed by atoms with Crippen LogP contribution in [0.1, 0.15) is 6.42 Å². The molecule has 1 aromatic carbocycles. The molecule has 2 N–H and O–H groups in total. The van der Waals surface area contributed by atoms with Crippen LogP contribution >= 0.6 is 23.2 Å². The number of anilines is 2. The number of hydrogen-bond donors (Lipinski definition) is 2. The fourth-order valence-corrected chi connectivity index (χ4v) is 6.30. The number of nitrogens with zero attached hydrogens (tertiary/aromatic N) is 4. The summed E-state index contributed by atoms with van der Waals surface area (Å²) in [5.41, 5.74) is 1.83. The normalized spacial score (nSPS) is 21.1. The van der Waals surface area contributed by atoms with Gasteiger partial charge in [0.1, 0.15) is 17.0 Å². The van der Waals surface area contributed by atoms with Crippen LogP contribution in [0.5, 0.6) is 11.5 Å². The first-order valence-corrected chi connectivity index (χ1v) is 14.0. The third-order valence-corrected chi connectivity index (χ3v) is 8.57. The van der Waals surface area contributed by atoms with E-state index in [-0.39, 0.29) is 23.4 Å². The van der Waals surface area contributed by atoms with Crippen LogP contribution in [0.2, 0.25) is 10.0 Å². The van der Waals surface area contributed by atoms with E-state index in [1.54, 1.807) is 12.3 Å². The molecule has 216 valence electrons. The number of methoxy groups -OCH3 is 2. The summed E-state index contributed by atoms with van der Waals surface area (Å²) in [6, 6.07) is 3.05. The maximum absolute atomic E-state index is 11.9. The van der Waals surface area contributed by atoms with Crippen molar-refractivity contribution in [2.24, 2.45) is 5.41 Å². The zero-order chi connectivity index (χ0) is 28.7. The summed E-state index contributed by atoms with van der Waals surface area (Å²) in [4.78, 5) is 28.6. The first-order valence-electron chi connectivity index (χ1n) is 13.2. The maximum atomic E-state index is 11.9. The topological polar surface area (TPSA) is 120 Å². The van der Waals surface area contributed by atoms with Crippen molar-refractivity contribution in [2.75, 3.05) is 64.0 Å². The maximum Gasteiger partial charge on any atom is 0.243 e. The minimum absolute atomic E-state index is 0.115. The number of carbonyl (C=O) groups excluding carboxylic acids is 1.